The molecule has 0 aliphatic rings. The molecule has 0 unspecified atom stereocenters. The van der Waals surface area contributed by atoms with Crippen molar-refractivity contribution >= 4 is 21.6 Å². The van der Waals surface area contributed by atoms with Crippen molar-refractivity contribution in [3.8, 4) is 17.4 Å². The van der Waals surface area contributed by atoms with Gasteiger partial charge < -0.3 is 9.47 Å². The quantitative estimate of drug-likeness (QED) is 0.472. The van der Waals surface area contributed by atoms with E-state index in [4.69, 9.17) is 9.47 Å². The summed E-state index contributed by atoms with van der Waals surface area (Å²) in [5.41, 5.74) is 0.932. The average Bonchev–Trinajstić information content (AvgIpc) is 2.48. The molecular weight excluding hydrogens is 328 g/mol. The first-order chi connectivity index (χ1) is 9.63. The van der Waals surface area contributed by atoms with Crippen molar-refractivity contribution in [1.29, 1.82) is 0 Å². The van der Waals surface area contributed by atoms with E-state index >= 15 is 0 Å². The van der Waals surface area contributed by atoms with E-state index in [2.05, 4.69) is 20.9 Å². The highest BCUT2D eigenvalue weighted by molar-refractivity contribution is 9.08. The van der Waals surface area contributed by atoms with Crippen molar-refractivity contribution in [2.24, 2.45) is 0 Å². The number of halogens is 1. The molecule has 2 rings (SSSR count). The number of aromatic nitrogens is 1. The van der Waals surface area contributed by atoms with Crippen LogP contribution in [0.2, 0.25) is 0 Å². The number of methoxy groups -OCH3 is 1. The zero-order valence-electron chi connectivity index (χ0n) is 10.6. The number of non-ortho nitro benzene ring substituents is 1. The predicted molar refractivity (Wildman–Crippen MR) is 76.6 cm³/mol. The van der Waals surface area contributed by atoms with Crippen molar-refractivity contribution < 1.29 is 14.4 Å². The van der Waals surface area contributed by atoms with Crippen LogP contribution in [0, 0.1) is 10.1 Å². The van der Waals surface area contributed by atoms with Crippen LogP contribution < -0.4 is 9.47 Å². The van der Waals surface area contributed by atoms with Crippen LogP contribution in [0.3, 0.4) is 0 Å². The van der Waals surface area contributed by atoms with Gasteiger partial charge in [0.1, 0.15) is 0 Å². The molecular formula is C13H11BrN2O4. The normalized spacial score (nSPS) is 10.1. The van der Waals surface area contributed by atoms with Gasteiger partial charge in [0.05, 0.1) is 18.1 Å². The van der Waals surface area contributed by atoms with Gasteiger partial charge in [0.25, 0.3) is 5.69 Å². The van der Waals surface area contributed by atoms with Crippen molar-refractivity contribution in [1.82, 2.24) is 4.98 Å². The highest BCUT2D eigenvalue weighted by Crippen LogP contribution is 2.34. The van der Waals surface area contributed by atoms with E-state index in [-0.39, 0.29) is 11.4 Å². The van der Waals surface area contributed by atoms with Crippen molar-refractivity contribution in [2.75, 3.05) is 7.11 Å². The second-order valence-corrected chi connectivity index (χ2v) is 4.39. The van der Waals surface area contributed by atoms with Crippen molar-refractivity contribution in [2.45, 2.75) is 5.33 Å². The third kappa shape index (κ3) is 3.24. The fourth-order valence-electron chi connectivity index (χ4n) is 1.52. The van der Waals surface area contributed by atoms with Gasteiger partial charge in [0.2, 0.25) is 5.88 Å². The molecule has 0 radical (unpaired) electrons. The number of rotatable bonds is 5. The number of nitrogens with zero attached hydrogens (tertiary/aromatic N) is 2. The van der Waals surface area contributed by atoms with E-state index in [1.165, 1.54) is 25.3 Å². The largest absolute Gasteiger partial charge is 0.493 e. The summed E-state index contributed by atoms with van der Waals surface area (Å²) in [6, 6.07) is 7.68. The summed E-state index contributed by atoms with van der Waals surface area (Å²) >= 11 is 3.32. The Balaban J connectivity index is 2.30. The number of nitro groups is 1. The molecule has 1 aromatic heterocycles. The van der Waals surface area contributed by atoms with Crippen LogP contribution in [0.15, 0.2) is 36.5 Å². The molecule has 1 heterocycles. The van der Waals surface area contributed by atoms with Gasteiger partial charge in [-0.25, -0.2) is 4.98 Å². The summed E-state index contributed by atoms with van der Waals surface area (Å²) in [6.07, 6.45) is 1.66. The molecule has 2 aromatic rings. The lowest BCUT2D eigenvalue weighted by Gasteiger charge is -2.09. The van der Waals surface area contributed by atoms with Gasteiger partial charge in [0, 0.05) is 23.7 Å². The van der Waals surface area contributed by atoms with Crippen LogP contribution in [0.5, 0.6) is 17.4 Å². The van der Waals surface area contributed by atoms with Crippen LogP contribution in [0.1, 0.15) is 5.56 Å². The summed E-state index contributed by atoms with van der Waals surface area (Å²) < 4.78 is 10.6. The third-order valence-electron chi connectivity index (χ3n) is 2.52. The Hall–Kier alpha value is -2.15. The minimum absolute atomic E-state index is 0.0714. The minimum Gasteiger partial charge on any atom is -0.493 e. The number of hydrogen-bond donors (Lipinski definition) is 0. The number of hydrogen-bond acceptors (Lipinski definition) is 5. The maximum atomic E-state index is 10.8. The molecule has 0 bridgehead atoms. The van der Waals surface area contributed by atoms with Gasteiger partial charge in [-0.3, -0.25) is 10.1 Å². The SMILES string of the molecule is COc1ccc([N+](=O)[O-])cc1Oc1ccc(CBr)cn1. The van der Waals surface area contributed by atoms with E-state index in [1.54, 1.807) is 12.3 Å². The number of alkyl halides is 1. The van der Waals surface area contributed by atoms with Gasteiger partial charge in [0.15, 0.2) is 11.5 Å². The molecule has 1 aromatic carbocycles. The topological polar surface area (TPSA) is 74.5 Å². The summed E-state index contributed by atoms with van der Waals surface area (Å²) in [7, 11) is 1.47. The molecule has 0 atom stereocenters. The zero-order chi connectivity index (χ0) is 14.5. The van der Waals surface area contributed by atoms with Gasteiger partial charge in [-0.1, -0.05) is 22.0 Å². The molecule has 0 amide bonds. The van der Waals surface area contributed by atoms with Crippen molar-refractivity contribution in [3.05, 3.63) is 52.2 Å². The molecule has 0 aliphatic heterocycles. The molecule has 0 saturated heterocycles. The molecule has 0 spiro atoms. The first-order valence-corrected chi connectivity index (χ1v) is 6.77. The standard InChI is InChI=1S/C13H11BrN2O4/c1-19-11-4-3-10(16(17)18)6-12(11)20-13-5-2-9(7-14)8-15-13/h2-6,8H,7H2,1H3. The first kappa shape index (κ1) is 14.3. The Morgan fingerprint density at radius 1 is 1.30 bits per heavy atom. The van der Waals surface area contributed by atoms with Crippen LogP contribution >= 0.6 is 15.9 Å². The number of pyridine rings is 1. The molecule has 0 N–H and O–H groups in total. The summed E-state index contributed by atoms with van der Waals surface area (Å²) in [5, 5.41) is 11.5. The molecule has 7 heteroatoms. The lowest BCUT2D eigenvalue weighted by Crippen LogP contribution is -1.95. The van der Waals surface area contributed by atoms with Crippen LogP contribution in [0.4, 0.5) is 5.69 Å². The Labute approximate surface area is 123 Å². The van der Waals surface area contributed by atoms with E-state index in [9.17, 15) is 10.1 Å². The highest BCUT2D eigenvalue weighted by atomic mass is 79.9. The Morgan fingerprint density at radius 3 is 2.65 bits per heavy atom. The average molecular weight is 339 g/mol. The molecule has 6 nitrogen and oxygen atoms in total. The fourth-order valence-corrected chi connectivity index (χ4v) is 1.85. The number of nitro benzene ring substituents is 1. The van der Waals surface area contributed by atoms with E-state index in [1.807, 2.05) is 6.07 Å². The Morgan fingerprint density at radius 2 is 2.10 bits per heavy atom. The maximum Gasteiger partial charge on any atom is 0.273 e. The predicted octanol–water partition coefficient (Wildman–Crippen LogP) is 3.69. The second-order valence-electron chi connectivity index (χ2n) is 3.83. The zero-order valence-corrected chi connectivity index (χ0v) is 12.2. The molecule has 0 fully saturated rings. The first-order valence-electron chi connectivity index (χ1n) is 5.65. The highest BCUT2D eigenvalue weighted by Gasteiger charge is 2.13. The van der Waals surface area contributed by atoms with Crippen molar-refractivity contribution in [3.63, 3.8) is 0 Å². The molecule has 20 heavy (non-hydrogen) atoms. The minimum atomic E-state index is -0.492. The monoisotopic (exact) mass is 338 g/mol. The summed E-state index contributed by atoms with van der Waals surface area (Å²) in [4.78, 5) is 14.4. The Kier molecular flexibility index (Phi) is 4.52. The third-order valence-corrected chi connectivity index (χ3v) is 3.17. The lowest BCUT2D eigenvalue weighted by atomic mass is 10.3. The van der Waals surface area contributed by atoms with Crippen LogP contribution in [-0.2, 0) is 5.33 Å². The van der Waals surface area contributed by atoms with E-state index < -0.39 is 4.92 Å². The van der Waals surface area contributed by atoms with E-state index in [0.717, 1.165) is 5.56 Å². The number of ether oxygens (including phenoxy) is 2. The number of benzene rings is 1. The fraction of sp³-hybridized carbons (Fsp3) is 0.154. The molecule has 104 valence electrons. The Bertz CT molecular complexity index is 616. The van der Waals surface area contributed by atoms with Crippen LogP contribution in [0.25, 0.3) is 0 Å². The van der Waals surface area contributed by atoms with Gasteiger partial charge in [-0.05, 0) is 11.6 Å². The second kappa shape index (κ2) is 6.33. The van der Waals surface area contributed by atoms with Gasteiger partial charge in [-0.2, -0.15) is 0 Å². The van der Waals surface area contributed by atoms with E-state index in [0.29, 0.717) is 17.0 Å². The maximum absolute atomic E-state index is 10.8. The summed E-state index contributed by atoms with van der Waals surface area (Å²) in [6.45, 7) is 0. The van der Waals surface area contributed by atoms with Crippen LogP contribution in [-0.4, -0.2) is 17.0 Å². The van der Waals surface area contributed by atoms with Gasteiger partial charge in [-0.15, -0.1) is 0 Å². The molecule has 0 aliphatic carbocycles. The summed E-state index contributed by atoms with van der Waals surface area (Å²) in [5.74, 6) is 0.997. The molecule has 0 saturated carbocycles. The lowest BCUT2D eigenvalue weighted by molar-refractivity contribution is -0.384. The smallest absolute Gasteiger partial charge is 0.273 e. The van der Waals surface area contributed by atoms with Gasteiger partial charge >= 0.3 is 0 Å².